The summed E-state index contributed by atoms with van der Waals surface area (Å²) in [5.74, 6) is 2.01. The number of nitrogens with zero attached hydrogens (tertiary/aromatic N) is 2. The van der Waals surface area contributed by atoms with Gasteiger partial charge in [-0.1, -0.05) is 0 Å². The topological polar surface area (TPSA) is 76.3 Å². The normalized spacial score (nSPS) is 20.3. The summed E-state index contributed by atoms with van der Waals surface area (Å²) in [6.45, 7) is 3.00. The Labute approximate surface area is 161 Å². The number of ether oxygens (including phenoxy) is 2. The summed E-state index contributed by atoms with van der Waals surface area (Å²) < 4.78 is 16.3. The summed E-state index contributed by atoms with van der Waals surface area (Å²) in [5.41, 5.74) is 0.743. The van der Waals surface area contributed by atoms with Gasteiger partial charge in [0.1, 0.15) is 11.5 Å². The van der Waals surface area contributed by atoms with Gasteiger partial charge in [0.15, 0.2) is 11.1 Å². The van der Waals surface area contributed by atoms with Crippen molar-refractivity contribution >= 4 is 40.5 Å². The minimum atomic E-state index is -0.184. The molecule has 7 nitrogen and oxygen atoms in total. The van der Waals surface area contributed by atoms with Crippen molar-refractivity contribution in [1.29, 1.82) is 0 Å². The van der Waals surface area contributed by atoms with Crippen LogP contribution < -0.4 is 15.0 Å². The lowest BCUT2D eigenvalue weighted by atomic mass is 10.3. The molecule has 2 aliphatic heterocycles. The summed E-state index contributed by atoms with van der Waals surface area (Å²) in [6.07, 6.45) is 1.74. The number of benzene rings is 1. The van der Waals surface area contributed by atoms with Gasteiger partial charge < -0.3 is 24.1 Å². The zero-order chi connectivity index (χ0) is 18.6. The fourth-order valence-corrected chi connectivity index (χ4v) is 3.58. The van der Waals surface area contributed by atoms with Crippen LogP contribution in [-0.4, -0.2) is 44.5 Å². The number of furan rings is 1. The molecule has 8 heteroatoms. The number of amidine groups is 1. The van der Waals surface area contributed by atoms with E-state index in [9.17, 15) is 4.79 Å². The summed E-state index contributed by atoms with van der Waals surface area (Å²) in [7, 11) is 1.62. The summed E-state index contributed by atoms with van der Waals surface area (Å²) in [5, 5.41) is 3.32. The largest absolute Gasteiger partial charge is 0.497 e. The number of morpholine rings is 1. The van der Waals surface area contributed by atoms with Gasteiger partial charge in [-0.05, 0) is 42.1 Å². The average molecular weight is 385 g/mol. The molecule has 27 heavy (non-hydrogen) atoms. The van der Waals surface area contributed by atoms with E-state index >= 15 is 0 Å². The van der Waals surface area contributed by atoms with Crippen LogP contribution in [0.25, 0.3) is 6.08 Å². The Morgan fingerprint density at radius 3 is 2.70 bits per heavy atom. The maximum atomic E-state index is 12.2. The number of hydrogen-bond acceptors (Lipinski definition) is 7. The number of rotatable bonds is 4. The third kappa shape index (κ3) is 4.17. The maximum absolute atomic E-state index is 12.2. The van der Waals surface area contributed by atoms with Crippen LogP contribution in [-0.2, 0) is 9.53 Å². The third-order valence-electron chi connectivity index (χ3n) is 4.16. The van der Waals surface area contributed by atoms with Crippen LogP contribution in [0.5, 0.6) is 5.75 Å². The number of thioether (sulfide) groups is 1. The number of hydrogen-bond donors (Lipinski definition) is 1. The Bertz CT molecular complexity index is 883. The fraction of sp³-hybridized carbons (Fsp3) is 0.263. The fourth-order valence-electron chi connectivity index (χ4n) is 2.76. The molecule has 1 amide bonds. The van der Waals surface area contributed by atoms with Crippen molar-refractivity contribution in [2.45, 2.75) is 0 Å². The minimum absolute atomic E-state index is 0.184. The van der Waals surface area contributed by atoms with Crippen molar-refractivity contribution in [2.75, 3.05) is 38.3 Å². The molecule has 4 rings (SSSR count). The number of nitrogens with one attached hydrogen (secondary N) is 1. The molecule has 140 valence electrons. The van der Waals surface area contributed by atoms with E-state index in [1.807, 2.05) is 36.4 Å². The number of anilines is 1. The monoisotopic (exact) mass is 385 g/mol. The molecule has 2 aliphatic rings. The smallest absolute Gasteiger partial charge is 0.264 e. The summed E-state index contributed by atoms with van der Waals surface area (Å²) in [6, 6.07) is 11.1. The molecule has 3 heterocycles. The Morgan fingerprint density at radius 2 is 1.96 bits per heavy atom. The number of aliphatic imine (C=N–C) groups is 1. The Kier molecular flexibility index (Phi) is 5.17. The van der Waals surface area contributed by atoms with Gasteiger partial charge in [-0.25, -0.2) is 4.99 Å². The molecule has 0 saturated carbocycles. The van der Waals surface area contributed by atoms with Crippen molar-refractivity contribution in [1.82, 2.24) is 5.32 Å². The van der Waals surface area contributed by atoms with Crippen molar-refractivity contribution < 1.29 is 18.7 Å². The first kappa shape index (κ1) is 17.7. The van der Waals surface area contributed by atoms with E-state index in [1.165, 1.54) is 11.8 Å². The second-order valence-corrected chi connectivity index (χ2v) is 6.99. The molecule has 0 spiro atoms. The second kappa shape index (κ2) is 7.89. The summed E-state index contributed by atoms with van der Waals surface area (Å²) >= 11 is 1.29. The molecular formula is C19H19N3O4S. The molecular weight excluding hydrogens is 366 g/mol. The highest BCUT2D eigenvalue weighted by atomic mass is 32.2. The predicted molar refractivity (Wildman–Crippen MR) is 106 cm³/mol. The standard InChI is InChI=1S/C19H19N3O4S/c1-24-14-4-2-13(3-5-14)20-19-21-18(23)16(27-19)12-15-6-7-17(26-15)22-8-10-25-11-9-22/h2-7,12H,8-11H2,1H3,(H,20,21,23). The second-order valence-electron chi connectivity index (χ2n) is 5.96. The molecule has 0 bridgehead atoms. The molecule has 1 aromatic heterocycles. The van der Waals surface area contributed by atoms with Crippen molar-refractivity contribution in [3.63, 3.8) is 0 Å². The van der Waals surface area contributed by atoms with E-state index < -0.39 is 0 Å². The van der Waals surface area contributed by atoms with Crippen LogP contribution in [0, 0.1) is 0 Å². The van der Waals surface area contributed by atoms with E-state index in [-0.39, 0.29) is 5.91 Å². The minimum Gasteiger partial charge on any atom is -0.497 e. The van der Waals surface area contributed by atoms with Crippen LogP contribution in [0.4, 0.5) is 11.6 Å². The highest BCUT2D eigenvalue weighted by molar-refractivity contribution is 8.18. The predicted octanol–water partition coefficient (Wildman–Crippen LogP) is 3.02. The van der Waals surface area contributed by atoms with E-state index in [1.54, 1.807) is 13.2 Å². The molecule has 1 aromatic carbocycles. The molecule has 2 aromatic rings. The Balaban J connectivity index is 1.47. The first-order valence-electron chi connectivity index (χ1n) is 8.57. The number of amides is 1. The molecule has 0 unspecified atom stereocenters. The quantitative estimate of drug-likeness (QED) is 0.816. The van der Waals surface area contributed by atoms with E-state index in [4.69, 9.17) is 13.9 Å². The van der Waals surface area contributed by atoms with Crippen molar-refractivity contribution in [3.05, 3.63) is 47.1 Å². The summed E-state index contributed by atoms with van der Waals surface area (Å²) in [4.78, 5) is 19.3. The van der Waals surface area contributed by atoms with Gasteiger partial charge in [-0.3, -0.25) is 4.79 Å². The van der Waals surface area contributed by atoms with Gasteiger partial charge in [-0.15, -0.1) is 0 Å². The van der Waals surface area contributed by atoms with Gasteiger partial charge in [0.25, 0.3) is 5.91 Å². The Morgan fingerprint density at radius 1 is 1.19 bits per heavy atom. The lowest BCUT2D eigenvalue weighted by Gasteiger charge is -2.26. The maximum Gasteiger partial charge on any atom is 0.264 e. The lowest BCUT2D eigenvalue weighted by molar-refractivity contribution is -0.115. The first-order valence-corrected chi connectivity index (χ1v) is 9.39. The number of methoxy groups -OCH3 is 1. The van der Waals surface area contributed by atoms with Gasteiger partial charge >= 0.3 is 0 Å². The molecule has 0 atom stereocenters. The van der Waals surface area contributed by atoms with Crippen LogP contribution in [0.2, 0.25) is 0 Å². The van der Waals surface area contributed by atoms with Gasteiger partial charge in [0.05, 0.1) is 30.9 Å². The lowest BCUT2D eigenvalue weighted by Crippen LogP contribution is -2.35. The Hall–Kier alpha value is -2.71. The highest BCUT2D eigenvalue weighted by Gasteiger charge is 2.24. The SMILES string of the molecule is COc1ccc(N=C2NC(=O)C(=Cc3ccc(N4CCOCC4)o3)S2)cc1. The average Bonchev–Trinajstić information content (AvgIpc) is 3.30. The highest BCUT2D eigenvalue weighted by Crippen LogP contribution is 2.30. The van der Waals surface area contributed by atoms with Crippen LogP contribution >= 0.6 is 11.8 Å². The third-order valence-corrected chi connectivity index (χ3v) is 5.07. The van der Waals surface area contributed by atoms with E-state index in [0.717, 1.165) is 30.4 Å². The number of carbonyl (C=O) groups excluding carboxylic acids is 1. The van der Waals surface area contributed by atoms with Crippen molar-refractivity contribution in [2.24, 2.45) is 4.99 Å². The van der Waals surface area contributed by atoms with Crippen molar-refractivity contribution in [3.8, 4) is 5.75 Å². The van der Waals surface area contributed by atoms with E-state index in [0.29, 0.717) is 29.0 Å². The molecule has 0 radical (unpaired) electrons. The molecule has 1 N–H and O–H groups in total. The van der Waals surface area contributed by atoms with Gasteiger partial charge in [-0.2, -0.15) is 0 Å². The first-order chi connectivity index (χ1) is 13.2. The molecule has 2 saturated heterocycles. The zero-order valence-corrected chi connectivity index (χ0v) is 15.6. The molecule has 0 aliphatic carbocycles. The van der Waals surface area contributed by atoms with Gasteiger partial charge in [0, 0.05) is 25.2 Å². The number of carbonyl (C=O) groups is 1. The van der Waals surface area contributed by atoms with Crippen LogP contribution in [0.15, 0.2) is 50.7 Å². The van der Waals surface area contributed by atoms with Crippen LogP contribution in [0.1, 0.15) is 5.76 Å². The van der Waals surface area contributed by atoms with E-state index in [2.05, 4.69) is 15.2 Å². The molecule has 2 fully saturated rings. The van der Waals surface area contributed by atoms with Crippen LogP contribution in [0.3, 0.4) is 0 Å². The zero-order valence-electron chi connectivity index (χ0n) is 14.8. The van der Waals surface area contributed by atoms with Gasteiger partial charge in [0.2, 0.25) is 0 Å².